The summed E-state index contributed by atoms with van der Waals surface area (Å²) in [7, 11) is 1.87. The van der Waals surface area contributed by atoms with E-state index in [-0.39, 0.29) is 5.54 Å². The van der Waals surface area contributed by atoms with Crippen LogP contribution in [0.1, 0.15) is 25.3 Å². The standard InChI is InChI=1S/C11H15N3OS/c1-7-5-16-6-8(7)9-13-10(15-14-9)11(2,3)12-4/h5-6,12H,1-4H3. The van der Waals surface area contributed by atoms with E-state index >= 15 is 0 Å². The predicted octanol–water partition coefficient (Wildman–Crippen LogP) is 2.56. The van der Waals surface area contributed by atoms with Crippen molar-refractivity contribution in [2.24, 2.45) is 0 Å². The van der Waals surface area contributed by atoms with Crippen molar-refractivity contribution in [3.63, 3.8) is 0 Å². The third-order valence-corrected chi connectivity index (χ3v) is 3.54. The monoisotopic (exact) mass is 237 g/mol. The molecule has 4 nitrogen and oxygen atoms in total. The molecule has 0 saturated carbocycles. The summed E-state index contributed by atoms with van der Waals surface area (Å²) in [4.78, 5) is 4.42. The normalized spacial score (nSPS) is 12.0. The van der Waals surface area contributed by atoms with Gasteiger partial charge in [-0.05, 0) is 38.8 Å². The highest BCUT2D eigenvalue weighted by Gasteiger charge is 2.26. The Hall–Kier alpha value is -1.20. The molecule has 0 unspecified atom stereocenters. The molecule has 0 aliphatic rings. The molecule has 0 bridgehead atoms. The second-order valence-corrected chi connectivity index (χ2v) is 5.01. The molecule has 2 heterocycles. The summed E-state index contributed by atoms with van der Waals surface area (Å²) < 4.78 is 5.28. The molecule has 1 N–H and O–H groups in total. The molecule has 0 atom stereocenters. The van der Waals surface area contributed by atoms with Crippen LogP contribution in [0.15, 0.2) is 15.3 Å². The first-order valence-electron chi connectivity index (χ1n) is 5.11. The van der Waals surface area contributed by atoms with Crippen molar-refractivity contribution in [1.29, 1.82) is 0 Å². The molecule has 0 aliphatic heterocycles. The molecular formula is C11H15N3OS. The third-order valence-electron chi connectivity index (χ3n) is 2.68. The lowest BCUT2D eigenvalue weighted by molar-refractivity contribution is 0.281. The molecular weight excluding hydrogens is 222 g/mol. The predicted molar refractivity (Wildman–Crippen MR) is 64.4 cm³/mol. The van der Waals surface area contributed by atoms with Crippen LogP contribution >= 0.6 is 11.3 Å². The number of nitrogens with zero attached hydrogens (tertiary/aromatic N) is 2. The van der Waals surface area contributed by atoms with Crippen molar-refractivity contribution in [2.75, 3.05) is 7.05 Å². The van der Waals surface area contributed by atoms with Gasteiger partial charge < -0.3 is 9.84 Å². The highest BCUT2D eigenvalue weighted by atomic mass is 32.1. The minimum atomic E-state index is -0.296. The fourth-order valence-corrected chi connectivity index (χ4v) is 2.11. The summed E-state index contributed by atoms with van der Waals surface area (Å²) >= 11 is 1.65. The number of rotatable bonds is 3. The van der Waals surface area contributed by atoms with Crippen LogP contribution < -0.4 is 5.32 Å². The highest BCUT2D eigenvalue weighted by Crippen LogP contribution is 2.26. The van der Waals surface area contributed by atoms with Crippen molar-refractivity contribution in [2.45, 2.75) is 26.3 Å². The molecule has 86 valence electrons. The maximum atomic E-state index is 5.28. The topological polar surface area (TPSA) is 51.0 Å². The fourth-order valence-electron chi connectivity index (χ4n) is 1.28. The minimum absolute atomic E-state index is 0.296. The Balaban J connectivity index is 2.37. The summed E-state index contributed by atoms with van der Waals surface area (Å²) in [6.45, 7) is 6.06. The van der Waals surface area contributed by atoms with Gasteiger partial charge in [0, 0.05) is 10.9 Å². The smallest absolute Gasteiger partial charge is 0.246 e. The summed E-state index contributed by atoms with van der Waals surface area (Å²) in [6.07, 6.45) is 0. The van der Waals surface area contributed by atoms with E-state index in [1.54, 1.807) is 11.3 Å². The minimum Gasteiger partial charge on any atom is -0.337 e. The van der Waals surface area contributed by atoms with E-state index in [4.69, 9.17) is 4.52 Å². The van der Waals surface area contributed by atoms with Gasteiger partial charge >= 0.3 is 0 Å². The van der Waals surface area contributed by atoms with Crippen molar-refractivity contribution in [3.05, 3.63) is 22.2 Å². The third kappa shape index (κ3) is 1.88. The number of thiophene rings is 1. The van der Waals surface area contributed by atoms with E-state index in [1.165, 1.54) is 5.56 Å². The molecule has 0 amide bonds. The van der Waals surface area contributed by atoms with Gasteiger partial charge in [0.05, 0.1) is 5.54 Å². The van der Waals surface area contributed by atoms with Gasteiger partial charge in [-0.25, -0.2) is 0 Å². The SMILES string of the molecule is CNC(C)(C)c1nc(-c2cscc2C)no1. The largest absolute Gasteiger partial charge is 0.337 e. The molecule has 0 aromatic carbocycles. The number of nitrogens with one attached hydrogen (secondary N) is 1. The summed E-state index contributed by atoms with van der Waals surface area (Å²) in [5.41, 5.74) is 1.93. The number of aryl methyl sites for hydroxylation is 1. The number of hydrogen-bond acceptors (Lipinski definition) is 5. The lowest BCUT2D eigenvalue weighted by atomic mass is 10.1. The average Bonchev–Trinajstić information content (AvgIpc) is 2.85. The molecule has 0 radical (unpaired) electrons. The first kappa shape index (κ1) is 11.3. The maximum absolute atomic E-state index is 5.28. The van der Waals surface area contributed by atoms with E-state index in [0.29, 0.717) is 11.7 Å². The van der Waals surface area contributed by atoms with Crippen LogP contribution in [0.4, 0.5) is 0 Å². The van der Waals surface area contributed by atoms with E-state index in [2.05, 4.69) is 20.8 Å². The zero-order chi connectivity index (χ0) is 11.8. The van der Waals surface area contributed by atoms with Crippen LogP contribution in [0, 0.1) is 6.92 Å². The van der Waals surface area contributed by atoms with Crippen LogP contribution in [0.25, 0.3) is 11.4 Å². The van der Waals surface area contributed by atoms with Gasteiger partial charge in [0.2, 0.25) is 11.7 Å². The Morgan fingerprint density at radius 2 is 2.12 bits per heavy atom. The quantitative estimate of drug-likeness (QED) is 0.891. The molecule has 0 saturated heterocycles. The van der Waals surface area contributed by atoms with E-state index in [0.717, 1.165) is 5.56 Å². The van der Waals surface area contributed by atoms with Gasteiger partial charge in [0.15, 0.2) is 0 Å². The molecule has 5 heteroatoms. The molecule has 0 spiro atoms. The molecule has 2 aromatic rings. The van der Waals surface area contributed by atoms with Crippen LogP contribution in [0.5, 0.6) is 0 Å². The Kier molecular flexibility index (Phi) is 2.82. The van der Waals surface area contributed by atoms with Crippen molar-refractivity contribution >= 4 is 11.3 Å². The summed E-state index contributed by atoms with van der Waals surface area (Å²) in [5, 5.41) is 11.3. The molecule has 0 aliphatic carbocycles. The van der Waals surface area contributed by atoms with Gasteiger partial charge in [-0.15, -0.1) is 0 Å². The number of aromatic nitrogens is 2. The van der Waals surface area contributed by atoms with Gasteiger partial charge in [-0.3, -0.25) is 0 Å². The summed E-state index contributed by atoms with van der Waals surface area (Å²) in [5.74, 6) is 1.27. The van der Waals surface area contributed by atoms with Crippen molar-refractivity contribution < 1.29 is 4.52 Å². The van der Waals surface area contributed by atoms with Gasteiger partial charge in [0.25, 0.3) is 0 Å². The molecule has 0 fully saturated rings. The van der Waals surface area contributed by atoms with Crippen LogP contribution in [-0.2, 0) is 5.54 Å². The fraction of sp³-hybridized carbons (Fsp3) is 0.455. The zero-order valence-electron chi connectivity index (χ0n) is 9.87. The molecule has 2 rings (SSSR count). The Labute approximate surface area is 98.7 Å². The van der Waals surface area contributed by atoms with Gasteiger partial charge in [-0.2, -0.15) is 16.3 Å². The average molecular weight is 237 g/mol. The maximum Gasteiger partial charge on any atom is 0.246 e. The Bertz CT molecular complexity index is 487. The van der Waals surface area contributed by atoms with Gasteiger partial charge in [-0.1, -0.05) is 5.16 Å². The van der Waals surface area contributed by atoms with E-state index in [1.807, 2.05) is 33.2 Å². The number of hydrogen-bond donors (Lipinski definition) is 1. The van der Waals surface area contributed by atoms with Crippen LogP contribution in [0.2, 0.25) is 0 Å². The lowest BCUT2D eigenvalue weighted by Gasteiger charge is -2.17. The lowest BCUT2D eigenvalue weighted by Crippen LogP contribution is -2.33. The van der Waals surface area contributed by atoms with Crippen molar-refractivity contribution in [1.82, 2.24) is 15.5 Å². The molecule has 2 aromatic heterocycles. The van der Waals surface area contributed by atoms with Crippen molar-refractivity contribution in [3.8, 4) is 11.4 Å². The first-order valence-corrected chi connectivity index (χ1v) is 6.05. The molecule has 16 heavy (non-hydrogen) atoms. The van der Waals surface area contributed by atoms with Crippen LogP contribution in [0.3, 0.4) is 0 Å². The van der Waals surface area contributed by atoms with E-state index in [9.17, 15) is 0 Å². The Morgan fingerprint density at radius 1 is 1.38 bits per heavy atom. The first-order chi connectivity index (χ1) is 7.54. The van der Waals surface area contributed by atoms with Gasteiger partial charge in [0.1, 0.15) is 0 Å². The van der Waals surface area contributed by atoms with E-state index < -0.39 is 0 Å². The summed E-state index contributed by atoms with van der Waals surface area (Å²) in [6, 6.07) is 0. The van der Waals surface area contributed by atoms with Crippen LogP contribution in [-0.4, -0.2) is 17.2 Å². The highest BCUT2D eigenvalue weighted by molar-refractivity contribution is 7.08. The zero-order valence-corrected chi connectivity index (χ0v) is 10.7. The second-order valence-electron chi connectivity index (χ2n) is 4.27. The second kappa shape index (κ2) is 3.99. The Morgan fingerprint density at radius 3 is 2.69 bits per heavy atom.